The number of nitrogens with zero attached hydrogens (tertiary/aromatic N) is 2. The largest absolute Gasteiger partial charge is 0.398 e. The van der Waals surface area contributed by atoms with Crippen LogP contribution in [0.25, 0.3) is 33.5 Å². The minimum atomic E-state index is -0.524. The highest BCUT2D eigenvalue weighted by Crippen LogP contribution is 2.31. The number of aromatic nitrogens is 2. The molecule has 7 heteroatoms. The van der Waals surface area contributed by atoms with Crippen molar-refractivity contribution in [1.29, 1.82) is 0 Å². The molecule has 5 rings (SSSR count). The normalized spacial score (nSPS) is 10.9. The summed E-state index contributed by atoms with van der Waals surface area (Å²) in [5.41, 5.74) is 9.78. The van der Waals surface area contributed by atoms with Crippen LogP contribution in [0.4, 0.5) is 15.8 Å². The van der Waals surface area contributed by atoms with E-state index in [0.29, 0.717) is 16.4 Å². The van der Waals surface area contributed by atoms with Crippen molar-refractivity contribution in [3.63, 3.8) is 0 Å². The molecule has 1 aromatic heterocycles. The predicted molar refractivity (Wildman–Crippen MR) is 134 cm³/mol. The molecule has 0 saturated heterocycles. The first-order chi connectivity index (χ1) is 16.5. The molecule has 0 aliphatic carbocycles. The molecule has 3 N–H and O–H groups in total. The Bertz CT molecular complexity index is 1540. The first-order valence-electron chi connectivity index (χ1n) is 10.5. The molecule has 166 valence electrons. The van der Waals surface area contributed by atoms with Gasteiger partial charge < -0.3 is 11.1 Å². The number of nitrogens with two attached hydrogens (primary N) is 1. The second-order valence-electron chi connectivity index (χ2n) is 7.66. The monoisotopic (exact) mass is 468 g/mol. The summed E-state index contributed by atoms with van der Waals surface area (Å²) in [6.07, 6.45) is 0. The van der Waals surface area contributed by atoms with Gasteiger partial charge in [0.2, 0.25) is 0 Å². The maximum Gasteiger partial charge on any atom is 0.257 e. The summed E-state index contributed by atoms with van der Waals surface area (Å²) < 4.78 is 13.9. The number of rotatable bonds is 4. The molecule has 34 heavy (non-hydrogen) atoms. The number of halogens is 2. The number of fused-ring (bicyclic) bond motifs is 1. The average molecular weight is 469 g/mol. The fraction of sp³-hybridized carbons (Fsp3) is 0. The van der Waals surface area contributed by atoms with Gasteiger partial charge in [-0.05, 0) is 42.5 Å². The molecule has 0 radical (unpaired) electrons. The second-order valence-corrected chi connectivity index (χ2v) is 8.10. The molecule has 0 fully saturated rings. The Morgan fingerprint density at radius 3 is 2.38 bits per heavy atom. The van der Waals surface area contributed by atoms with Gasteiger partial charge in [0.15, 0.2) is 5.82 Å². The van der Waals surface area contributed by atoms with Crippen LogP contribution in [-0.2, 0) is 0 Å². The molecule has 0 aliphatic rings. The third-order valence-corrected chi connectivity index (χ3v) is 5.62. The number of amides is 1. The number of hydrogen-bond acceptors (Lipinski definition) is 4. The van der Waals surface area contributed by atoms with Gasteiger partial charge in [-0.15, -0.1) is 0 Å². The van der Waals surface area contributed by atoms with Crippen molar-refractivity contribution in [2.75, 3.05) is 11.1 Å². The van der Waals surface area contributed by atoms with E-state index in [2.05, 4.69) is 5.32 Å². The molecular formula is C27H18ClFN4O. The standard InChI is InChI=1S/C27H18ClFN4O/c28-18-11-13-23-20(15-18)25(16-6-2-1-3-7-16)33-26(31-23)17-10-12-19(22(30)14-17)27(34)32-24-9-5-4-8-21(24)29/h1-15H,30H2,(H,32,34). The number of carbonyl (C=O) groups excluding carboxylic acids is 1. The summed E-state index contributed by atoms with van der Waals surface area (Å²) in [5, 5.41) is 3.97. The molecule has 0 aliphatic heterocycles. The SMILES string of the molecule is Nc1cc(-c2nc(-c3ccccc3)c3cc(Cl)ccc3n2)ccc1C(=O)Nc1ccccc1F. The average Bonchev–Trinajstić information content (AvgIpc) is 2.85. The number of hydrogen-bond donors (Lipinski definition) is 2. The zero-order valence-electron chi connectivity index (χ0n) is 17.8. The maximum absolute atomic E-state index is 13.9. The molecule has 0 unspecified atom stereocenters. The van der Waals surface area contributed by atoms with Crippen LogP contribution in [0.15, 0.2) is 91.0 Å². The summed E-state index contributed by atoms with van der Waals surface area (Å²) in [4.78, 5) is 22.2. The molecule has 1 amide bonds. The van der Waals surface area contributed by atoms with Crippen LogP contribution in [0.2, 0.25) is 5.02 Å². The van der Waals surface area contributed by atoms with E-state index in [1.807, 2.05) is 42.5 Å². The molecule has 0 bridgehead atoms. The van der Waals surface area contributed by atoms with Crippen LogP contribution in [0, 0.1) is 5.82 Å². The highest BCUT2D eigenvalue weighted by molar-refractivity contribution is 6.31. The van der Waals surface area contributed by atoms with Crippen LogP contribution >= 0.6 is 11.6 Å². The highest BCUT2D eigenvalue weighted by atomic mass is 35.5. The Labute approximate surface area is 200 Å². The number of nitrogens with one attached hydrogen (secondary N) is 1. The minimum absolute atomic E-state index is 0.0833. The Morgan fingerprint density at radius 1 is 0.853 bits per heavy atom. The summed E-state index contributed by atoms with van der Waals surface area (Å²) >= 11 is 6.24. The van der Waals surface area contributed by atoms with Crippen LogP contribution in [-0.4, -0.2) is 15.9 Å². The molecule has 4 aromatic carbocycles. The number of nitrogen functional groups attached to an aromatic ring is 1. The lowest BCUT2D eigenvalue weighted by molar-refractivity contribution is 0.102. The van der Waals surface area contributed by atoms with Crippen LogP contribution in [0.1, 0.15) is 10.4 Å². The summed E-state index contributed by atoms with van der Waals surface area (Å²) in [6.45, 7) is 0. The third kappa shape index (κ3) is 4.19. The molecule has 0 spiro atoms. The molecular weight excluding hydrogens is 451 g/mol. The van der Waals surface area contributed by atoms with Gasteiger partial charge in [0.1, 0.15) is 5.82 Å². The topological polar surface area (TPSA) is 80.9 Å². The van der Waals surface area contributed by atoms with E-state index in [1.165, 1.54) is 12.1 Å². The van der Waals surface area contributed by atoms with Crippen molar-refractivity contribution in [3.8, 4) is 22.6 Å². The van der Waals surface area contributed by atoms with Gasteiger partial charge >= 0.3 is 0 Å². The Hall–Kier alpha value is -4.29. The first kappa shape index (κ1) is 21.6. The molecule has 5 nitrogen and oxygen atoms in total. The fourth-order valence-electron chi connectivity index (χ4n) is 3.71. The fourth-order valence-corrected chi connectivity index (χ4v) is 3.88. The smallest absolute Gasteiger partial charge is 0.257 e. The van der Waals surface area contributed by atoms with Gasteiger partial charge in [0.25, 0.3) is 5.91 Å². The lowest BCUT2D eigenvalue weighted by Gasteiger charge is -2.12. The lowest BCUT2D eigenvalue weighted by Crippen LogP contribution is -2.15. The van der Waals surface area contributed by atoms with E-state index in [1.54, 1.807) is 36.4 Å². The van der Waals surface area contributed by atoms with Gasteiger partial charge in [-0.25, -0.2) is 14.4 Å². The van der Waals surface area contributed by atoms with Crippen molar-refractivity contribution >= 4 is 39.8 Å². The van der Waals surface area contributed by atoms with E-state index < -0.39 is 11.7 Å². The molecule has 0 atom stereocenters. The second kappa shape index (κ2) is 8.92. The van der Waals surface area contributed by atoms with E-state index >= 15 is 0 Å². The summed E-state index contributed by atoms with van der Waals surface area (Å²) in [6, 6.07) is 26.1. The van der Waals surface area contributed by atoms with Gasteiger partial charge in [-0.3, -0.25) is 4.79 Å². The van der Waals surface area contributed by atoms with Crippen molar-refractivity contribution < 1.29 is 9.18 Å². The van der Waals surface area contributed by atoms with Gasteiger partial charge in [0.05, 0.1) is 22.5 Å². The summed E-state index contributed by atoms with van der Waals surface area (Å²) in [7, 11) is 0. The Morgan fingerprint density at radius 2 is 1.62 bits per heavy atom. The minimum Gasteiger partial charge on any atom is -0.398 e. The molecule has 1 heterocycles. The van der Waals surface area contributed by atoms with Crippen molar-refractivity contribution in [2.45, 2.75) is 0 Å². The van der Waals surface area contributed by atoms with Crippen LogP contribution in [0.3, 0.4) is 0 Å². The quantitative estimate of drug-likeness (QED) is 0.291. The number of para-hydroxylation sites is 1. The number of anilines is 2. The van der Waals surface area contributed by atoms with Crippen molar-refractivity contribution in [3.05, 3.63) is 107 Å². The van der Waals surface area contributed by atoms with Gasteiger partial charge in [0, 0.05) is 27.2 Å². The summed E-state index contributed by atoms with van der Waals surface area (Å²) in [5.74, 6) is -0.571. The lowest BCUT2D eigenvalue weighted by atomic mass is 10.0. The van der Waals surface area contributed by atoms with Crippen LogP contribution in [0.5, 0.6) is 0 Å². The van der Waals surface area contributed by atoms with Crippen molar-refractivity contribution in [1.82, 2.24) is 9.97 Å². The van der Waals surface area contributed by atoms with E-state index in [4.69, 9.17) is 27.3 Å². The molecule has 0 saturated carbocycles. The Balaban J connectivity index is 1.55. The number of carbonyl (C=O) groups is 1. The van der Waals surface area contributed by atoms with E-state index in [9.17, 15) is 9.18 Å². The third-order valence-electron chi connectivity index (χ3n) is 5.38. The zero-order valence-corrected chi connectivity index (χ0v) is 18.6. The zero-order chi connectivity index (χ0) is 23.7. The van der Waals surface area contributed by atoms with Crippen LogP contribution < -0.4 is 11.1 Å². The van der Waals surface area contributed by atoms with E-state index in [0.717, 1.165) is 22.2 Å². The maximum atomic E-state index is 13.9. The van der Waals surface area contributed by atoms with E-state index in [-0.39, 0.29) is 16.9 Å². The Kier molecular flexibility index (Phi) is 5.65. The van der Waals surface area contributed by atoms with Crippen molar-refractivity contribution in [2.24, 2.45) is 0 Å². The molecule has 5 aromatic rings. The predicted octanol–water partition coefficient (Wildman–Crippen LogP) is 6.59. The van der Waals surface area contributed by atoms with Gasteiger partial charge in [-0.2, -0.15) is 0 Å². The number of benzene rings is 4. The van der Waals surface area contributed by atoms with Gasteiger partial charge in [-0.1, -0.05) is 60.1 Å². The first-order valence-corrected chi connectivity index (χ1v) is 10.9. The highest BCUT2D eigenvalue weighted by Gasteiger charge is 2.16.